The van der Waals surface area contributed by atoms with Gasteiger partial charge in [0, 0.05) is 50.5 Å². The topological polar surface area (TPSA) is 69.7 Å². The summed E-state index contributed by atoms with van der Waals surface area (Å²) in [5.74, 6) is 1.69. The summed E-state index contributed by atoms with van der Waals surface area (Å²) in [6, 6.07) is 4.18. The van der Waals surface area contributed by atoms with Gasteiger partial charge in [-0.25, -0.2) is 9.78 Å². The Kier molecular flexibility index (Phi) is 7.29. The molecule has 2 N–H and O–H groups in total. The van der Waals surface area contributed by atoms with Crippen LogP contribution in [0.15, 0.2) is 18.3 Å². The number of anilines is 1. The Morgan fingerprint density at radius 2 is 2.15 bits per heavy atom. The van der Waals surface area contributed by atoms with E-state index in [1.807, 2.05) is 12.1 Å². The van der Waals surface area contributed by atoms with Crippen LogP contribution in [0.5, 0.6) is 0 Å². The largest absolute Gasteiger partial charge is 0.378 e. The van der Waals surface area contributed by atoms with Crippen LogP contribution in [-0.2, 0) is 11.3 Å². The van der Waals surface area contributed by atoms with Crippen LogP contribution in [0.25, 0.3) is 0 Å². The molecule has 2 aliphatic rings. The zero-order valence-electron chi connectivity index (χ0n) is 16.6. The summed E-state index contributed by atoms with van der Waals surface area (Å²) in [6.45, 7) is 11.0. The number of morpholine rings is 1. The lowest BCUT2D eigenvalue weighted by atomic mass is 9.99. The van der Waals surface area contributed by atoms with E-state index in [4.69, 9.17) is 4.74 Å². The molecule has 3 heterocycles. The van der Waals surface area contributed by atoms with Gasteiger partial charge in [0.05, 0.1) is 13.2 Å². The van der Waals surface area contributed by atoms with Crippen LogP contribution < -0.4 is 15.5 Å². The van der Waals surface area contributed by atoms with Crippen molar-refractivity contribution >= 4 is 11.8 Å². The van der Waals surface area contributed by atoms with Crippen molar-refractivity contribution in [3.05, 3.63) is 23.9 Å². The van der Waals surface area contributed by atoms with Crippen LogP contribution in [-0.4, -0.2) is 67.9 Å². The van der Waals surface area contributed by atoms with Crippen molar-refractivity contribution < 1.29 is 9.53 Å². The number of carbonyl (C=O) groups is 1. The van der Waals surface area contributed by atoms with E-state index in [2.05, 4.69) is 39.3 Å². The van der Waals surface area contributed by atoms with Crippen LogP contribution in [0.2, 0.25) is 0 Å². The molecule has 150 valence electrons. The number of likely N-dealkylation sites (tertiary alicyclic amines) is 1. The number of rotatable bonds is 6. The van der Waals surface area contributed by atoms with Gasteiger partial charge >= 0.3 is 6.03 Å². The first-order valence-corrected chi connectivity index (χ1v) is 10.2. The smallest absolute Gasteiger partial charge is 0.315 e. The summed E-state index contributed by atoms with van der Waals surface area (Å²) in [7, 11) is 0. The zero-order chi connectivity index (χ0) is 19.1. The quantitative estimate of drug-likeness (QED) is 0.794. The number of piperidine rings is 1. The van der Waals surface area contributed by atoms with Gasteiger partial charge in [0.2, 0.25) is 0 Å². The molecular formula is C20H33N5O2. The third-order valence-electron chi connectivity index (χ3n) is 5.49. The Morgan fingerprint density at radius 3 is 2.93 bits per heavy atom. The molecule has 7 nitrogen and oxygen atoms in total. The van der Waals surface area contributed by atoms with Gasteiger partial charge in [-0.05, 0) is 38.3 Å². The van der Waals surface area contributed by atoms with Crippen molar-refractivity contribution in [3.63, 3.8) is 0 Å². The number of hydrogen-bond donors (Lipinski definition) is 2. The van der Waals surface area contributed by atoms with Gasteiger partial charge in [-0.15, -0.1) is 0 Å². The predicted molar refractivity (Wildman–Crippen MR) is 107 cm³/mol. The molecule has 27 heavy (non-hydrogen) atoms. The number of carbonyl (C=O) groups excluding carboxylic acids is 1. The maximum atomic E-state index is 12.3. The van der Waals surface area contributed by atoms with Gasteiger partial charge in [-0.1, -0.05) is 13.0 Å². The number of nitrogens with one attached hydrogen (secondary N) is 2. The highest BCUT2D eigenvalue weighted by atomic mass is 16.5. The molecular weight excluding hydrogens is 342 g/mol. The molecule has 1 aromatic rings. The molecule has 0 radical (unpaired) electrons. The molecule has 0 spiro atoms. The highest BCUT2D eigenvalue weighted by Crippen LogP contribution is 2.19. The lowest BCUT2D eigenvalue weighted by Gasteiger charge is -2.35. The van der Waals surface area contributed by atoms with E-state index in [0.29, 0.717) is 19.1 Å². The lowest BCUT2D eigenvalue weighted by Crippen LogP contribution is -2.48. The summed E-state index contributed by atoms with van der Waals surface area (Å²) in [4.78, 5) is 21.5. The Balaban J connectivity index is 1.45. The van der Waals surface area contributed by atoms with Crippen LogP contribution in [0.3, 0.4) is 0 Å². The average Bonchev–Trinajstić information content (AvgIpc) is 2.71. The van der Waals surface area contributed by atoms with E-state index < -0.39 is 0 Å². The molecule has 2 saturated heterocycles. The minimum Gasteiger partial charge on any atom is -0.378 e. The second-order valence-electron chi connectivity index (χ2n) is 7.74. The summed E-state index contributed by atoms with van der Waals surface area (Å²) in [5, 5.41) is 6.00. The molecule has 2 amide bonds. The Labute approximate surface area is 162 Å². The molecule has 0 saturated carbocycles. The fraction of sp³-hybridized carbons (Fsp3) is 0.700. The molecule has 0 bridgehead atoms. The van der Waals surface area contributed by atoms with E-state index in [0.717, 1.165) is 56.7 Å². The molecule has 2 unspecified atom stereocenters. The second kappa shape index (κ2) is 9.90. The van der Waals surface area contributed by atoms with Crippen LogP contribution in [0, 0.1) is 5.92 Å². The van der Waals surface area contributed by atoms with Gasteiger partial charge < -0.3 is 20.3 Å². The molecule has 0 aliphatic carbocycles. The number of ether oxygens (including phenoxy) is 1. The third kappa shape index (κ3) is 5.81. The number of amides is 2. The van der Waals surface area contributed by atoms with Crippen LogP contribution >= 0.6 is 0 Å². The number of aromatic nitrogens is 1. The van der Waals surface area contributed by atoms with Crippen molar-refractivity contribution in [2.75, 3.05) is 50.8 Å². The molecule has 3 rings (SSSR count). The highest BCUT2D eigenvalue weighted by molar-refractivity contribution is 5.74. The van der Waals surface area contributed by atoms with Gasteiger partial charge in [-0.3, -0.25) is 4.90 Å². The normalized spacial score (nSPS) is 22.3. The van der Waals surface area contributed by atoms with Crippen molar-refractivity contribution in [1.82, 2.24) is 20.5 Å². The van der Waals surface area contributed by atoms with Crippen LogP contribution in [0.4, 0.5) is 10.6 Å². The zero-order valence-corrected chi connectivity index (χ0v) is 16.6. The molecule has 2 atom stereocenters. The number of hydrogen-bond acceptors (Lipinski definition) is 5. The van der Waals surface area contributed by atoms with Gasteiger partial charge in [0.15, 0.2) is 0 Å². The van der Waals surface area contributed by atoms with Crippen molar-refractivity contribution in [2.45, 2.75) is 39.3 Å². The second-order valence-corrected chi connectivity index (χ2v) is 7.74. The molecule has 0 aromatic carbocycles. The minimum absolute atomic E-state index is 0.122. The summed E-state index contributed by atoms with van der Waals surface area (Å²) in [5.41, 5.74) is 1.03. The monoisotopic (exact) mass is 375 g/mol. The predicted octanol–water partition coefficient (Wildman–Crippen LogP) is 1.84. The van der Waals surface area contributed by atoms with E-state index in [1.54, 1.807) is 6.20 Å². The number of pyridine rings is 1. The fourth-order valence-corrected chi connectivity index (χ4v) is 3.86. The SMILES string of the molecule is CC1CCCN(C(C)CNC(=O)NCc2cccnc2N2CCOCC2)C1. The third-order valence-corrected chi connectivity index (χ3v) is 5.49. The molecule has 7 heteroatoms. The Morgan fingerprint density at radius 1 is 1.33 bits per heavy atom. The van der Waals surface area contributed by atoms with Gasteiger partial charge in [0.25, 0.3) is 0 Å². The first kappa shape index (κ1) is 19.9. The van der Waals surface area contributed by atoms with Gasteiger partial charge in [0.1, 0.15) is 5.82 Å². The molecule has 1 aromatic heterocycles. The van der Waals surface area contributed by atoms with Crippen molar-refractivity contribution in [1.29, 1.82) is 0 Å². The van der Waals surface area contributed by atoms with Gasteiger partial charge in [-0.2, -0.15) is 0 Å². The van der Waals surface area contributed by atoms with E-state index >= 15 is 0 Å². The van der Waals surface area contributed by atoms with Crippen molar-refractivity contribution in [3.8, 4) is 0 Å². The molecule has 2 aliphatic heterocycles. The van der Waals surface area contributed by atoms with E-state index in [1.165, 1.54) is 12.8 Å². The highest BCUT2D eigenvalue weighted by Gasteiger charge is 2.21. The number of urea groups is 1. The van der Waals surface area contributed by atoms with E-state index in [-0.39, 0.29) is 6.03 Å². The first-order valence-electron chi connectivity index (χ1n) is 10.2. The maximum Gasteiger partial charge on any atom is 0.315 e. The summed E-state index contributed by atoms with van der Waals surface area (Å²) < 4.78 is 5.42. The minimum atomic E-state index is -0.122. The van der Waals surface area contributed by atoms with E-state index in [9.17, 15) is 4.79 Å². The number of nitrogens with zero attached hydrogens (tertiary/aromatic N) is 3. The van der Waals surface area contributed by atoms with Crippen LogP contribution in [0.1, 0.15) is 32.3 Å². The summed E-state index contributed by atoms with van der Waals surface area (Å²) in [6.07, 6.45) is 4.37. The first-order chi connectivity index (χ1) is 13.1. The Hall–Kier alpha value is -1.86. The van der Waals surface area contributed by atoms with Crippen molar-refractivity contribution in [2.24, 2.45) is 5.92 Å². The standard InChI is InChI=1S/C20H33N5O2/c1-16-5-4-8-25(15-16)17(2)13-22-20(26)23-14-18-6-3-7-21-19(18)24-9-11-27-12-10-24/h3,6-7,16-17H,4-5,8-15H2,1-2H3,(H2,22,23,26). The Bertz CT molecular complexity index is 606. The maximum absolute atomic E-state index is 12.3. The fourth-order valence-electron chi connectivity index (χ4n) is 3.86. The average molecular weight is 376 g/mol. The molecule has 2 fully saturated rings. The summed E-state index contributed by atoms with van der Waals surface area (Å²) >= 11 is 0. The lowest BCUT2D eigenvalue weighted by molar-refractivity contribution is 0.122.